The van der Waals surface area contributed by atoms with Crippen LogP contribution in [0, 0.1) is 13.8 Å². The Morgan fingerprint density at radius 1 is 1.00 bits per heavy atom. The van der Waals surface area contributed by atoms with Gasteiger partial charge in [-0.2, -0.15) is 0 Å². The smallest absolute Gasteiger partial charge is 0.337 e. The van der Waals surface area contributed by atoms with Crippen LogP contribution in [0.15, 0.2) is 60.2 Å². The van der Waals surface area contributed by atoms with Crippen molar-refractivity contribution in [3.63, 3.8) is 0 Å². The second-order valence-corrected chi connectivity index (χ2v) is 7.92. The highest BCUT2D eigenvalue weighted by molar-refractivity contribution is 6.39. The number of aromatic nitrogens is 1. The lowest BCUT2D eigenvalue weighted by Gasteiger charge is -2.28. The first-order chi connectivity index (χ1) is 16.2. The molecular weight excluding hydrogens is 434 g/mol. The Morgan fingerprint density at radius 2 is 1.65 bits per heavy atom. The van der Waals surface area contributed by atoms with Crippen molar-refractivity contribution in [1.29, 1.82) is 0 Å². The summed E-state index contributed by atoms with van der Waals surface area (Å²) >= 11 is 0. The van der Waals surface area contributed by atoms with Crippen LogP contribution in [0.25, 0.3) is 11.8 Å². The number of amides is 4. The maximum absolute atomic E-state index is 13.3. The van der Waals surface area contributed by atoms with E-state index in [1.165, 1.54) is 12.1 Å². The molecule has 2 N–H and O–H groups in total. The normalized spacial score (nSPS) is 15.1. The third-order valence-corrected chi connectivity index (χ3v) is 5.86. The third kappa shape index (κ3) is 3.79. The van der Waals surface area contributed by atoms with E-state index in [0.29, 0.717) is 29.1 Å². The highest BCUT2D eigenvalue weighted by Gasteiger charge is 2.37. The molecule has 4 rings (SSSR count). The number of carboxylic acids is 1. The molecule has 8 heteroatoms. The quantitative estimate of drug-likeness (QED) is 0.444. The first kappa shape index (κ1) is 22.7. The fourth-order valence-corrected chi connectivity index (χ4v) is 4.21. The first-order valence-corrected chi connectivity index (χ1v) is 10.8. The Bertz CT molecular complexity index is 1380. The number of rotatable bonds is 5. The maximum atomic E-state index is 13.3. The van der Waals surface area contributed by atoms with Gasteiger partial charge in [-0.3, -0.25) is 14.9 Å². The molecule has 1 aliphatic rings. The number of hydrogen-bond acceptors (Lipinski definition) is 4. The molecule has 0 bridgehead atoms. The van der Waals surface area contributed by atoms with Crippen molar-refractivity contribution in [2.45, 2.75) is 27.2 Å². The van der Waals surface area contributed by atoms with Gasteiger partial charge in [-0.1, -0.05) is 37.3 Å². The molecule has 0 radical (unpaired) electrons. The van der Waals surface area contributed by atoms with Gasteiger partial charge in [0.2, 0.25) is 0 Å². The number of aryl methyl sites for hydroxylation is 2. The number of nitrogens with zero attached hydrogens (tertiary/aromatic N) is 2. The first-order valence-electron chi connectivity index (χ1n) is 10.8. The van der Waals surface area contributed by atoms with E-state index in [1.807, 2.05) is 26.0 Å². The minimum absolute atomic E-state index is 0.128. The van der Waals surface area contributed by atoms with Crippen LogP contribution >= 0.6 is 0 Å². The maximum Gasteiger partial charge on any atom is 0.337 e. The van der Waals surface area contributed by atoms with Gasteiger partial charge in [-0.05, 0) is 61.7 Å². The number of urea groups is 1. The average Bonchev–Trinajstić information content (AvgIpc) is 3.09. The summed E-state index contributed by atoms with van der Waals surface area (Å²) in [7, 11) is 0. The summed E-state index contributed by atoms with van der Waals surface area (Å²) in [5.74, 6) is -2.56. The topological polar surface area (TPSA) is 109 Å². The Morgan fingerprint density at radius 3 is 2.32 bits per heavy atom. The van der Waals surface area contributed by atoms with Crippen LogP contribution in [0.5, 0.6) is 0 Å². The lowest BCUT2D eigenvalue weighted by atomic mass is 10.0. The van der Waals surface area contributed by atoms with Crippen LogP contribution < -0.4 is 10.2 Å². The molecule has 3 aromatic rings. The molecule has 0 saturated carbocycles. The zero-order valence-electron chi connectivity index (χ0n) is 19.0. The van der Waals surface area contributed by atoms with Crippen LogP contribution in [-0.4, -0.2) is 33.5 Å². The second-order valence-electron chi connectivity index (χ2n) is 7.92. The fourth-order valence-electron chi connectivity index (χ4n) is 4.21. The van der Waals surface area contributed by atoms with E-state index in [4.69, 9.17) is 0 Å². The number of para-hydroxylation sites is 2. The largest absolute Gasteiger partial charge is 0.478 e. The highest BCUT2D eigenvalue weighted by Crippen LogP contribution is 2.28. The molecule has 8 nitrogen and oxygen atoms in total. The van der Waals surface area contributed by atoms with E-state index in [0.717, 1.165) is 16.2 Å². The van der Waals surface area contributed by atoms with Gasteiger partial charge < -0.3 is 9.67 Å². The molecule has 1 fully saturated rings. The monoisotopic (exact) mass is 457 g/mol. The molecule has 2 heterocycles. The van der Waals surface area contributed by atoms with E-state index in [1.54, 1.807) is 47.9 Å². The minimum atomic E-state index is -1.06. The number of carbonyl (C=O) groups excluding carboxylic acids is 3. The lowest BCUT2D eigenvalue weighted by molar-refractivity contribution is -0.122. The number of nitrogens with one attached hydrogen (secondary N) is 1. The standard InChI is InChI=1S/C26H23N3O5/c1-4-17-9-5-7-11-21(17)29-24(31)20(23(30)27-26(29)34)14-18-13-15(2)28(16(18)3)22-12-8-6-10-19(22)25(32)33/h5-14H,4H2,1-3H3,(H,32,33)(H,27,30,34)/b20-14+. The summed E-state index contributed by atoms with van der Waals surface area (Å²) in [4.78, 5) is 51.2. The van der Waals surface area contributed by atoms with Crippen molar-refractivity contribution < 1.29 is 24.3 Å². The number of anilines is 1. The van der Waals surface area contributed by atoms with E-state index >= 15 is 0 Å². The molecule has 2 aromatic carbocycles. The Kier molecular flexibility index (Phi) is 5.89. The summed E-state index contributed by atoms with van der Waals surface area (Å²) in [6.45, 7) is 5.50. The van der Waals surface area contributed by atoms with Crippen LogP contribution in [0.1, 0.15) is 39.8 Å². The summed E-state index contributed by atoms with van der Waals surface area (Å²) in [5, 5.41) is 11.8. The van der Waals surface area contributed by atoms with Gasteiger partial charge in [-0.25, -0.2) is 14.5 Å². The number of hydrogen-bond donors (Lipinski definition) is 2. The van der Waals surface area contributed by atoms with E-state index < -0.39 is 23.8 Å². The number of aromatic carboxylic acids is 1. The van der Waals surface area contributed by atoms with Gasteiger partial charge in [0, 0.05) is 11.4 Å². The number of carboxylic acid groups (broad SMARTS) is 1. The van der Waals surface area contributed by atoms with E-state index in [9.17, 15) is 24.3 Å². The van der Waals surface area contributed by atoms with Gasteiger partial charge >= 0.3 is 12.0 Å². The van der Waals surface area contributed by atoms with Gasteiger partial charge in [0.15, 0.2) is 0 Å². The van der Waals surface area contributed by atoms with Crippen LogP contribution in [-0.2, 0) is 16.0 Å². The fraction of sp³-hybridized carbons (Fsp3) is 0.154. The van der Waals surface area contributed by atoms with E-state index in [-0.39, 0.29) is 11.1 Å². The summed E-state index contributed by atoms with van der Waals surface area (Å²) in [6, 6.07) is 14.6. The van der Waals surface area contributed by atoms with Gasteiger partial charge in [0.1, 0.15) is 5.57 Å². The van der Waals surface area contributed by atoms with Crippen molar-refractivity contribution in [2.75, 3.05) is 4.90 Å². The number of imide groups is 2. The van der Waals surface area contributed by atoms with Crippen LogP contribution in [0.3, 0.4) is 0 Å². The summed E-state index contributed by atoms with van der Waals surface area (Å²) < 4.78 is 1.76. The Hall–Kier alpha value is -4.46. The molecule has 0 spiro atoms. The molecule has 4 amide bonds. The van der Waals surface area contributed by atoms with Crippen molar-refractivity contribution >= 4 is 35.6 Å². The number of barbiturate groups is 1. The summed E-state index contributed by atoms with van der Waals surface area (Å²) in [5.41, 5.74) is 3.58. The zero-order valence-corrected chi connectivity index (χ0v) is 19.0. The Balaban J connectivity index is 1.81. The number of carbonyl (C=O) groups is 4. The number of benzene rings is 2. The SMILES string of the molecule is CCc1ccccc1N1C(=O)NC(=O)/C(=C\c2cc(C)n(-c3ccccc3C(=O)O)c2C)C1=O. The molecule has 1 saturated heterocycles. The lowest BCUT2D eigenvalue weighted by Crippen LogP contribution is -2.54. The predicted molar refractivity (Wildman–Crippen MR) is 127 cm³/mol. The van der Waals surface area contributed by atoms with Gasteiger partial charge in [-0.15, -0.1) is 0 Å². The van der Waals surface area contributed by atoms with Gasteiger partial charge in [0.05, 0.1) is 16.9 Å². The molecule has 34 heavy (non-hydrogen) atoms. The van der Waals surface area contributed by atoms with Crippen molar-refractivity contribution in [3.8, 4) is 5.69 Å². The van der Waals surface area contributed by atoms with E-state index in [2.05, 4.69) is 5.32 Å². The molecule has 172 valence electrons. The van der Waals surface area contributed by atoms with Crippen molar-refractivity contribution in [1.82, 2.24) is 9.88 Å². The third-order valence-electron chi connectivity index (χ3n) is 5.86. The molecular formula is C26H23N3O5. The highest BCUT2D eigenvalue weighted by atomic mass is 16.4. The molecule has 1 aliphatic heterocycles. The Labute approximate surface area is 196 Å². The second kappa shape index (κ2) is 8.82. The zero-order chi connectivity index (χ0) is 24.6. The van der Waals surface area contributed by atoms with Crippen LogP contribution in [0.4, 0.5) is 10.5 Å². The average molecular weight is 457 g/mol. The predicted octanol–water partition coefficient (Wildman–Crippen LogP) is 4.02. The molecule has 0 unspecified atom stereocenters. The molecule has 0 aliphatic carbocycles. The molecule has 0 atom stereocenters. The van der Waals surface area contributed by atoms with Crippen molar-refractivity contribution in [2.24, 2.45) is 0 Å². The van der Waals surface area contributed by atoms with Crippen molar-refractivity contribution in [3.05, 3.63) is 88.2 Å². The minimum Gasteiger partial charge on any atom is -0.478 e. The van der Waals surface area contributed by atoms with Crippen LogP contribution in [0.2, 0.25) is 0 Å². The summed E-state index contributed by atoms with van der Waals surface area (Å²) in [6.07, 6.45) is 2.04. The van der Waals surface area contributed by atoms with Gasteiger partial charge in [0.25, 0.3) is 11.8 Å². The molecule has 1 aromatic heterocycles.